The van der Waals surface area contributed by atoms with Crippen LogP contribution in [0.2, 0.25) is 5.02 Å². The summed E-state index contributed by atoms with van der Waals surface area (Å²) < 4.78 is 13.1. The molecule has 5 heteroatoms. The second-order valence-corrected chi connectivity index (χ2v) is 5.48. The van der Waals surface area contributed by atoms with Gasteiger partial charge in [0, 0.05) is 17.5 Å². The quantitative estimate of drug-likeness (QED) is 0.914. The van der Waals surface area contributed by atoms with Crippen LogP contribution in [-0.2, 0) is 6.54 Å². The van der Waals surface area contributed by atoms with Gasteiger partial charge >= 0.3 is 0 Å². The maximum Gasteiger partial charge on any atom is 0.141 e. The van der Waals surface area contributed by atoms with E-state index in [1.54, 1.807) is 23.5 Å². The van der Waals surface area contributed by atoms with Crippen molar-refractivity contribution >= 4 is 22.9 Å². The molecule has 0 aliphatic heterocycles. The molecule has 0 aliphatic rings. The maximum absolute atomic E-state index is 13.1. The van der Waals surface area contributed by atoms with Crippen molar-refractivity contribution in [1.29, 1.82) is 0 Å². The summed E-state index contributed by atoms with van der Waals surface area (Å²) in [5, 5.41) is 3.54. The van der Waals surface area contributed by atoms with Gasteiger partial charge in [0.05, 0.1) is 16.2 Å². The molecule has 1 unspecified atom stereocenters. The van der Waals surface area contributed by atoms with Gasteiger partial charge < -0.3 is 5.32 Å². The van der Waals surface area contributed by atoms with Crippen molar-refractivity contribution in [3.8, 4) is 0 Å². The Morgan fingerprint density at radius 3 is 2.89 bits per heavy atom. The third kappa shape index (κ3) is 3.07. The van der Waals surface area contributed by atoms with Crippen LogP contribution in [-0.4, -0.2) is 4.98 Å². The van der Waals surface area contributed by atoms with Gasteiger partial charge in [-0.1, -0.05) is 17.7 Å². The fraction of sp³-hybridized carbons (Fsp3) is 0.308. The van der Waals surface area contributed by atoms with E-state index in [0.29, 0.717) is 0 Å². The molecule has 96 valence electrons. The molecule has 1 atom stereocenters. The van der Waals surface area contributed by atoms with Crippen LogP contribution in [0.3, 0.4) is 0 Å². The zero-order valence-corrected chi connectivity index (χ0v) is 11.8. The maximum atomic E-state index is 13.1. The van der Waals surface area contributed by atoms with E-state index in [1.807, 2.05) is 19.4 Å². The number of aryl methyl sites for hydroxylation is 1. The summed E-state index contributed by atoms with van der Waals surface area (Å²) >= 11 is 7.40. The van der Waals surface area contributed by atoms with Crippen LogP contribution in [0.15, 0.2) is 23.7 Å². The first-order chi connectivity index (χ1) is 8.58. The highest BCUT2D eigenvalue weighted by Crippen LogP contribution is 2.21. The van der Waals surface area contributed by atoms with Crippen LogP contribution in [0.5, 0.6) is 0 Å². The molecule has 0 radical (unpaired) electrons. The van der Waals surface area contributed by atoms with Gasteiger partial charge in [0.2, 0.25) is 0 Å². The van der Waals surface area contributed by atoms with E-state index in [4.69, 9.17) is 11.6 Å². The Morgan fingerprint density at radius 1 is 1.50 bits per heavy atom. The van der Waals surface area contributed by atoms with Crippen LogP contribution in [0.1, 0.15) is 29.1 Å². The molecule has 0 saturated heterocycles. The first kappa shape index (κ1) is 13.5. The van der Waals surface area contributed by atoms with Gasteiger partial charge in [-0.2, -0.15) is 0 Å². The molecule has 0 aliphatic carbocycles. The summed E-state index contributed by atoms with van der Waals surface area (Å²) in [7, 11) is 0. The molecule has 1 N–H and O–H groups in total. The highest BCUT2D eigenvalue weighted by Gasteiger charge is 2.09. The van der Waals surface area contributed by atoms with E-state index >= 15 is 0 Å². The number of hydrogen-bond donors (Lipinski definition) is 1. The highest BCUT2D eigenvalue weighted by atomic mass is 35.5. The molecule has 0 saturated carbocycles. The molecule has 2 nitrogen and oxygen atoms in total. The second kappa shape index (κ2) is 5.78. The van der Waals surface area contributed by atoms with E-state index in [1.165, 1.54) is 10.9 Å². The number of thiazole rings is 1. The highest BCUT2D eigenvalue weighted by molar-refractivity contribution is 7.09. The molecule has 18 heavy (non-hydrogen) atoms. The van der Waals surface area contributed by atoms with Gasteiger partial charge in [-0.3, -0.25) is 0 Å². The van der Waals surface area contributed by atoms with Crippen LogP contribution in [0.4, 0.5) is 4.39 Å². The van der Waals surface area contributed by atoms with Crippen LogP contribution < -0.4 is 5.32 Å². The van der Waals surface area contributed by atoms with Crippen LogP contribution >= 0.6 is 22.9 Å². The summed E-state index contributed by atoms with van der Waals surface area (Å²) in [6.07, 6.45) is 0. The predicted octanol–water partition coefficient (Wildman–Crippen LogP) is 4.09. The molecule has 1 aromatic carbocycles. The minimum absolute atomic E-state index is 0.115. The lowest BCUT2D eigenvalue weighted by atomic mass is 10.1. The Balaban J connectivity index is 2.01. The van der Waals surface area contributed by atoms with E-state index < -0.39 is 0 Å². The largest absolute Gasteiger partial charge is 0.305 e. The smallest absolute Gasteiger partial charge is 0.141 e. The van der Waals surface area contributed by atoms with Crippen molar-refractivity contribution in [2.45, 2.75) is 26.4 Å². The predicted molar refractivity (Wildman–Crippen MR) is 73.5 cm³/mol. The van der Waals surface area contributed by atoms with Crippen molar-refractivity contribution < 1.29 is 4.39 Å². The lowest BCUT2D eigenvalue weighted by Crippen LogP contribution is -2.18. The fourth-order valence-electron chi connectivity index (χ4n) is 1.64. The number of nitrogens with zero attached hydrogens (tertiary/aromatic N) is 1. The molecular weight excluding hydrogens is 271 g/mol. The SMILES string of the molecule is Cc1ncsc1CNC(C)c1ccc(F)c(Cl)c1. The summed E-state index contributed by atoms with van der Waals surface area (Å²) in [4.78, 5) is 5.42. The summed E-state index contributed by atoms with van der Waals surface area (Å²) in [6, 6.07) is 4.92. The number of benzene rings is 1. The standard InChI is InChI=1S/C13H14ClFN2S/c1-8(10-3-4-12(15)11(14)5-10)16-6-13-9(2)17-7-18-13/h3-5,7-8,16H,6H2,1-2H3. The van der Waals surface area contributed by atoms with Crippen molar-refractivity contribution in [2.24, 2.45) is 0 Å². The Labute approximate surface area is 115 Å². The third-order valence-electron chi connectivity index (χ3n) is 2.86. The Kier molecular flexibility index (Phi) is 4.32. The number of aromatic nitrogens is 1. The number of hydrogen-bond acceptors (Lipinski definition) is 3. The Morgan fingerprint density at radius 2 is 2.28 bits per heavy atom. The number of halogens is 2. The monoisotopic (exact) mass is 284 g/mol. The van der Waals surface area contributed by atoms with Gasteiger partial charge in [0.15, 0.2) is 0 Å². The average Bonchev–Trinajstić information content (AvgIpc) is 2.75. The van der Waals surface area contributed by atoms with Crippen molar-refractivity contribution in [3.63, 3.8) is 0 Å². The minimum Gasteiger partial charge on any atom is -0.305 e. The molecule has 2 aromatic rings. The zero-order valence-electron chi connectivity index (χ0n) is 10.2. The molecule has 0 amide bonds. The Hall–Kier alpha value is -0.970. The third-order valence-corrected chi connectivity index (χ3v) is 4.08. The van der Waals surface area contributed by atoms with Crippen LogP contribution in [0.25, 0.3) is 0 Å². The van der Waals surface area contributed by atoms with Crippen molar-refractivity contribution in [1.82, 2.24) is 10.3 Å². The van der Waals surface area contributed by atoms with Gasteiger partial charge in [0.25, 0.3) is 0 Å². The molecule has 1 aromatic heterocycles. The second-order valence-electron chi connectivity index (χ2n) is 4.14. The summed E-state index contributed by atoms with van der Waals surface area (Å²) in [6.45, 7) is 4.78. The van der Waals surface area contributed by atoms with Gasteiger partial charge in [-0.15, -0.1) is 11.3 Å². The number of rotatable bonds is 4. The topological polar surface area (TPSA) is 24.9 Å². The van der Waals surface area contributed by atoms with Crippen molar-refractivity contribution in [2.75, 3.05) is 0 Å². The Bertz CT molecular complexity index is 542. The van der Waals surface area contributed by atoms with E-state index in [-0.39, 0.29) is 16.9 Å². The number of nitrogens with one attached hydrogen (secondary N) is 1. The average molecular weight is 285 g/mol. The normalized spacial score (nSPS) is 12.7. The molecule has 2 rings (SSSR count). The zero-order chi connectivity index (χ0) is 13.1. The first-order valence-electron chi connectivity index (χ1n) is 5.65. The van der Waals surface area contributed by atoms with Gasteiger partial charge in [-0.25, -0.2) is 9.37 Å². The molecular formula is C13H14ClFN2S. The van der Waals surface area contributed by atoms with E-state index in [2.05, 4.69) is 10.3 Å². The molecule has 0 fully saturated rings. The van der Waals surface area contributed by atoms with E-state index in [0.717, 1.165) is 17.8 Å². The minimum atomic E-state index is -0.383. The first-order valence-corrected chi connectivity index (χ1v) is 6.91. The fourth-order valence-corrected chi connectivity index (χ4v) is 2.56. The molecule has 0 spiro atoms. The van der Waals surface area contributed by atoms with Gasteiger partial charge in [-0.05, 0) is 31.5 Å². The van der Waals surface area contributed by atoms with Crippen molar-refractivity contribution in [3.05, 3.63) is 50.7 Å². The molecule has 1 heterocycles. The van der Waals surface area contributed by atoms with Crippen LogP contribution in [0, 0.1) is 12.7 Å². The lowest BCUT2D eigenvalue weighted by molar-refractivity contribution is 0.573. The molecule has 0 bridgehead atoms. The van der Waals surface area contributed by atoms with Gasteiger partial charge in [0.1, 0.15) is 5.82 Å². The van der Waals surface area contributed by atoms with E-state index in [9.17, 15) is 4.39 Å². The lowest BCUT2D eigenvalue weighted by Gasteiger charge is -2.14. The summed E-state index contributed by atoms with van der Waals surface area (Å²) in [5.74, 6) is -0.383. The summed E-state index contributed by atoms with van der Waals surface area (Å²) in [5.41, 5.74) is 3.87.